The van der Waals surface area contributed by atoms with E-state index in [0.717, 1.165) is 12.1 Å². The Kier molecular flexibility index (Phi) is 4.09. The number of H-pyrrole nitrogens is 1. The molecule has 7 heteroatoms. The highest BCUT2D eigenvalue weighted by Crippen LogP contribution is 2.14. The van der Waals surface area contributed by atoms with Crippen LogP contribution in [0.3, 0.4) is 0 Å². The molecule has 0 unspecified atom stereocenters. The molecule has 0 fully saturated rings. The van der Waals surface area contributed by atoms with Gasteiger partial charge >= 0.3 is 0 Å². The van der Waals surface area contributed by atoms with E-state index in [1.807, 2.05) is 6.92 Å². The fourth-order valence-electron chi connectivity index (χ4n) is 1.76. The minimum atomic E-state index is -0.483. The molecule has 2 aromatic rings. The molecule has 104 valence electrons. The number of aromatic amines is 1. The number of nitro benzene ring substituents is 1. The van der Waals surface area contributed by atoms with E-state index >= 15 is 0 Å². The quantitative estimate of drug-likeness (QED) is 0.643. The van der Waals surface area contributed by atoms with Crippen molar-refractivity contribution in [1.29, 1.82) is 0 Å². The molecular formula is C13H14N4O3. The maximum atomic E-state index is 11.8. The van der Waals surface area contributed by atoms with Gasteiger partial charge in [0, 0.05) is 23.9 Å². The number of benzene rings is 1. The third-order valence-corrected chi connectivity index (χ3v) is 2.77. The topological polar surface area (TPSA) is 101 Å². The van der Waals surface area contributed by atoms with Gasteiger partial charge in [-0.05, 0) is 12.0 Å². The molecule has 1 aromatic heterocycles. The van der Waals surface area contributed by atoms with E-state index in [1.165, 1.54) is 12.1 Å². The van der Waals surface area contributed by atoms with Crippen LogP contribution in [-0.2, 0) is 17.6 Å². The van der Waals surface area contributed by atoms with Crippen LogP contribution in [0.5, 0.6) is 0 Å². The number of nitrogens with one attached hydrogen (secondary N) is 2. The molecule has 0 aliphatic heterocycles. The van der Waals surface area contributed by atoms with E-state index in [4.69, 9.17) is 0 Å². The third kappa shape index (κ3) is 3.41. The number of aryl methyl sites for hydroxylation is 1. The lowest BCUT2D eigenvalue weighted by molar-refractivity contribution is -0.384. The number of nitrogens with zero attached hydrogens (tertiary/aromatic N) is 2. The highest BCUT2D eigenvalue weighted by Gasteiger charge is 2.10. The molecule has 7 nitrogen and oxygen atoms in total. The van der Waals surface area contributed by atoms with Crippen LogP contribution in [-0.4, -0.2) is 21.0 Å². The summed E-state index contributed by atoms with van der Waals surface area (Å²) < 4.78 is 0. The number of amides is 1. The Balaban J connectivity index is 2.00. The van der Waals surface area contributed by atoms with E-state index < -0.39 is 4.92 Å². The van der Waals surface area contributed by atoms with E-state index in [0.29, 0.717) is 11.4 Å². The van der Waals surface area contributed by atoms with Crippen molar-refractivity contribution in [3.63, 3.8) is 0 Å². The van der Waals surface area contributed by atoms with Gasteiger partial charge < -0.3 is 5.32 Å². The van der Waals surface area contributed by atoms with E-state index in [9.17, 15) is 14.9 Å². The van der Waals surface area contributed by atoms with Crippen molar-refractivity contribution in [2.45, 2.75) is 19.8 Å². The Morgan fingerprint density at radius 1 is 1.45 bits per heavy atom. The second-order valence-corrected chi connectivity index (χ2v) is 4.28. The molecule has 20 heavy (non-hydrogen) atoms. The largest absolute Gasteiger partial charge is 0.309 e. The zero-order valence-electron chi connectivity index (χ0n) is 10.9. The van der Waals surface area contributed by atoms with Crippen molar-refractivity contribution >= 4 is 17.4 Å². The molecule has 0 spiro atoms. The lowest BCUT2D eigenvalue weighted by Gasteiger charge is -2.02. The monoisotopic (exact) mass is 274 g/mol. The molecule has 2 rings (SSSR count). The smallest absolute Gasteiger partial charge is 0.269 e. The number of aromatic nitrogens is 2. The summed E-state index contributed by atoms with van der Waals surface area (Å²) in [4.78, 5) is 22.0. The van der Waals surface area contributed by atoms with Crippen molar-refractivity contribution < 1.29 is 9.72 Å². The average Bonchev–Trinajstić information content (AvgIpc) is 2.86. The molecule has 2 N–H and O–H groups in total. The number of nitro groups is 1. The van der Waals surface area contributed by atoms with Crippen LogP contribution in [0.2, 0.25) is 0 Å². The van der Waals surface area contributed by atoms with Crippen LogP contribution in [0.15, 0.2) is 30.3 Å². The maximum absolute atomic E-state index is 11.8. The minimum absolute atomic E-state index is 0.0247. The Hall–Kier alpha value is -2.70. The molecule has 0 bridgehead atoms. The molecule has 0 saturated carbocycles. The molecule has 0 radical (unpaired) electrons. The Morgan fingerprint density at radius 2 is 2.25 bits per heavy atom. The molecule has 0 saturated heterocycles. The van der Waals surface area contributed by atoms with Gasteiger partial charge in [-0.3, -0.25) is 20.0 Å². The summed E-state index contributed by atoms with van der Waals surface area (Å²) >= 11 is 0. The van der Waals surface area contributed by atoms with Crippen molar-refractivity contribution in [1.82, 2.24) is 10.2 Å². The van der Waals surface area contributed by atoms with Crippen molar-refractivity contribution in [2.75, 3.05) is 5.32 Å². The van der Waals surface area contributed by atoms with Gasteiger partial charge in [0.15, 0.2) is 5.82 Å². The van der Waals surface area contributed by atoms with Crippen molar-refractivity contribution in [3.05, 3.63) is 51.7 Å². The van der Waals surface area contributed by atoms with E-state index in [1.54, 1.807) is 18.2 Å². The van der Waals surface area contributed by atoms with Gasteiger partial charge in [-0.2, -0.15) is 5.10 Å². The van der Waals surface area contributed by atoms with Gasteiger partial charge in [-0.1, -0.05) is 19.1 Å². The summed E-state index contributed by atoms with van der Waals surface area (Å²) in [5.41, 5.74) is 1.49. The minimum Gasteiger partial charge on any atom is -0.309 e. The number of hydrogen-bond donors (Lipinski definition) is 2. The Bertz CT molecular complexity index is 636. The summed E-state index contributed by atoms with van der Waals surface area (Å²) in [6.07, 6.45) is 0.865. The summed E-state index contributed by atoms with van der Waals surface area (Å²) in [5.74, 6) is 0.192. The number of non-ortho nitro benzene ring substituents is 1. The van der Waals surface area contributed by atoms with Crippen molar-refractivity contribution in [3.8, 4) is 0 Å². The molecule has 1 amide bonds. The molecular weight excluding hydrogens is 260 g/mol. The summed E-state index contributed by atoms with van der Waals surface area (Å²) in [6, 6.07) is 7.77. The lowest BCUT2D eigenvalue weighted by Crippen LogP contribution is -2.14. The number of hydrogen-bond acceptors (Lipinski definition) is 4. The van der Waals surface area contributed by atoms with Crippen LogP contribution in [0.1, 0.15) is 18.2 Å². The Labute approximate surface area is 115 Å². The first-order chi connectivity index (χ1) is 9.58. The molecule has 1 aromatic carbocycles. The first kappa shape index (κ1) is 13.7. The normalized spacial score (nSPS) is 10.2. The summed E-state index contributed by atoms with van der Waals surface area (Å²) in [6.45, 7) is 1.97. The van der Waals surface area contributed by atoms with E-state index in [-0.39, 0.29) is 18.0 Å². The second kappa shape index (κ2) is 5.96. The number of anilines is 1. The summed E-state index contributed by atoms with van der Waals surface area (Å²) in [7, 11) is 0. The average molecular weight is 274 g/mol. The lowest BCUT2D eigenvalue weighted by atomic mass is 10.1. The van der Waals surface area contributed by atoms with Gasteiger partial charge in [0.1, 0.15) is 0 Å². The highest BCUT2D eigenvalue weighted by atomic mass is 16.6. The van der Waals surface area contributed by atoms with Crippen LogP contribution in [0.25, 0.3) is 0 Å². The molecule has 0 aliphatic carbocycles. The van der Waals surface area contributed by atoms with Gasteiger partial charge in [0.05, 0.1) is 11.3 Å². The fourth-order valence-corrected chi connectivity index (χ4v) is 1.76. The van der Waals surface area contributed by atoms with Gasteiger partial charge in [-0.15, -0.1) is 0 Å². The predicted octanol–water partition coefficient (Wildman–Crippen LogP) is 2.06. The first-order valence-corrected chi connectivity index (χ1v) is 6.16. The highest BCUT2D eigenvalue weighted by molar-refractivity contribution is 5.91. The van der Waals surface area contributed by atoms with Crippen LogP contribution < -0.4 is 5.32 Å². The third-order valence-electron chi connectivity index (χ3n) is 2.77. The van der Waals surface area contributed by atoms with Gasteiger partial charge in [0.25, 0.3) is 5.69 Å². The maximum Gasteiger partial charge on any atom is 0.269 e. The summed E-state index contributed by atoms with van der Waals surface area (Å²) in [5, 5.41) is 20.0. The zero-order valence-corrected chi connectivity index (χ0v) is 10.9. The second-order valence-electron chi connectivity index (χ2n) is 4.28. The standard InChI is InChI=1S/C13H14N4O3/c1-2-10-8-12(16-15-10)14-13(18)7-9-4-3-5-11(6-9)17(19)20/h3-6,8H,2,7H2,1H3,(H2,14,15,16,18). The van der Waals surface area contributed by atoms with Crippen LogP contribution in [0, 0.1) is 10.1 Å². The molecule has 0 atom stereocenters. The van der Waals surface area contributed by atoms with Crippen LogP contribution in [0.4, 0.5) is 11.5 Å². The van der Waals surface area contributed by atoms with E-state index in [2.05, 4.69) is 15.5 Å². The van der Waals surface area contributed by atoms with Gasteiger partial charge in [0.2, 0.25) is 5.91 Å². The molecule has 1 heterocycles. The predicted molar refractivity (Wildman–Crippen MR) is 73.4 cm³/mol. The SMILES string of the molecule is CCc1cc(NC(=O)Cc2cccc([N+](=O)[O-])c2)n[nH]1. The Morgan fingerprint density at radius 3 is 2.90 bits per heavy atom. The van der Waals surface area contributed by atoms with Gasteiger partial charge in [-0.25, -0.2) is 0 Å². The zero-order chi connectivity index (χ0) is 14.5. The molecule has 0 aliphatic rings. The van der Waals surface area contributed by atoms with Crippen LogP contribution >= 0.6 is 0 Å². The number of carbonyl (C=O) groups excluding carboxylic acids is 1. The number of rotatable bonds is 5. The van der Waals surface area contributed by atoms with Crippen molar-refractivity contribution in [2.24, 2.45) is 0 Å². The first-order valence-electron chi connectivity index (χ1n) is 6.16. The number of carbonyl (C=O) groups is 1. The fraction of sp³-hybridized carbons (Fsp3) is 0.231.